The van der Waals surface area contributed by atoms with Crippen LogP contribution in [0.15, 0.2) is 48.5 Å². The molecule has 134 valence electrons. The third-order valence-corrected chi connectivity index (χ3v) is 4.43. The summed E-state index contributed by atoms with van der Waals surface area (Å²) < 4.78 is 0. The normalized spacial score (nSPS) is 10.7. The number of rotatable bonds is 4. The first-order chi connectivity index (χ1) is 12.3. The van der Waals surface area contributed by atoms with E-state index in [-0.39, 0.29) is 5.41 Å². The topological polar surface area (TPSA) is 73.2 Å². The van der Waals surface area contributed by atoms with Crippen LogP contribution in [0.5, 0.6) is 0 Å². The first-order valence-corrected chi connectivity index (χ1v) is 8.38. The third kappa shape index (κ3) is 4.28. The Labute approximate surface area is 154 Å². The van der Waals surface area contributed by atoms with E-state index in [1.807, 2.05) is 51.1 Å². The van der Waals surface area contributed by atoms with Crippen LogP contribution in [0, 0.1) is 18.3 Å². The molecule has 5 nitrogen and oxygen atoms in total. The minimum atomic E-state index is -0.670. The van der Waals surface area contributed by atoms with Gasteiger partial charge in [0.15, 0.2) is 0 Å². The van der Waals surface area contributed by atoms with Crippen LogP contribution in [0.25, 0.3) is 0 Å². The second-order valence-corrected chi connectivity index (χ2v) is 6.91. The molecule has 26 heavy (non-hydrogen) atoms. The molecule has 0 unspecified atom stereocenters. The molecule has 1 N–H and O–H groups in total. The lowest BCUT2D eigenvalue weighted by Crippen LogP contribution is -2.45. The number of carbonyl (C=O) groups excluding carboxylic acids is 2. The Balaban J connectivity index is 2.06. The molecule has 0 saturated heterocycles. The van der Waals surface area contributed by atoms with E-state index in [1.54, 1.807) is 24.3 Å². The molecule has 0 aliphatic heterocycles. The van der Waals surface area contributed by atoms with Gasteiger partial charge in [0.2, 0.25) is 0 Å². The zero-order valence-corrected chi connectivity index (χ0v) is 15.5. The van der Waals surface area contributed by atoms with Gasteiger partial charge in [0, 0.05) is 24.7 Å². The molecule has 0 heterocycles. The number of benzene rings is 2. The Kier molecular flexibility index (Phi) is 5.78. The molecule has 0 atom stereocenters. The van der Waals surface area contributed by atoms with Crippen molar-refractivity contribution in [3.63, 3.8) is 0 Å². The van der Waals surface area contributed by atoms with Gasteiger partial charge in [0.1, 0.15) is 0 Å². The first-order valence-electron chi connectivity index (χ1n) is 8.38. The number of carbonyl (C=O) groups is 2. The summed E-state index contributed by atoms with van der Waals surface area (Å²) in [5.74, 6) is -1.34. The molecule has 0 aliphatic carbocycles. The summed E-state index contributed by atoms with van der Waals surface area (Å²) >= 11 is 0. The molecule has 2 aromatic rings. The third-order valence-electron chi connectivity index (χ3n) is 4.43. The van der Waals surface area contributed by atoms with E-state index in [0.29, 0.717) is 17.8 Å². The maximum Gasteiger partial charge on any atom is 0.316 e. The summed E-state index contributed by atoms with van der Waals surface area (Å²) in [4.78, 5) is 25.9. The number of likely N-dealkylation sites (N-methyl/N-ethyl adjacent to an activating group) is 1. The molecule has 0 bridgehead atoms. The monoisotopic (exact) mass is 349 g/mol. The van der Waals surface area contributed by atoms with E-state index >= 15 is 0 Å². The van der Waals surface area contributed by atoms with Crippen molar-refractivity contribution in [3.8, 4) is 6.07 Å². The average Bonchev–Trinajstić information content (AvgIpc) is 2.65. The number of nitrogens with zero attached hydrogens (tertiary/aromatic N) is 2. The van der Waals surface area contributed by atoms with E-state index in [9.17, 15) is 9.59 Å². The Bertz CT molecular complexity index is 866. The fourth-order valence-corrected chi connectivity index (χ4v) is 2.86. The number of nitriles is 1. The molecule has 2 amide bonds. The molecule has 2 aromatic carbocycles. The molecule has 2 rings (SSSR count). The van der Waals surface area contributed by atoms with Crippen molar-refractivity contribution in [1.29, 1.82) is 5.26 Å². The lowest BCUT2D eigenvalue weighted by Gasteiger charge is -2.27. The van der Waals surface area contributed by atoms with Crippen molar-refractivity contribution in [1.82, 2.24) is 5.32 Å². The summed E-state index contributed by atoms with van der Waals surface area (Å²) in [7, 11) is 1.52. The van der Waals surface area contributed by atoms with Gasteiger partial charge in [-0.2, -0.15) is 5.26 Å². The number of anilines is 1. The van der Waals surface area contributed by atoms with Gasteiger partial charge in [0.25, 0.3) is 0 Å². The molecular formula is C21H23N3O2. The Morgan fingerprint density at radius 2 is 1.85 bits per heavy atom. The summed E-state index contributed by atoms with van der Waals surface area (Å²) in [6.07, 6.45) is 0. The Morgan fingerprint density at radius 3 is 2.50 bits per heavy atom. The van der Waals surface area contributed by atoms with E-state index in [1.165, 1.54) is 11.9 Å². The van der Waals surface area contributed by atoms with Crippen molar-refractivity contribution in [2.24, 2.45) is 0 Å². The highest BCUT2D eigenvalue weighted by molar-refractivity contribution is 6.40. The molecule has 0 aromatic heterocycles. The lowest BCUT2D eigenvalue weighted by atomic mass is 9.82. The van der Waals surface area contributed by atoms with E-state index < -0.39 is 11.8 Å². The second kappa shape index (κ2) is 7.83. The van der Waals surface area contributed by atoms with Gasteiger partial charge in [-0.3, -0.25) is 9.59 Å². The van der Waals surface area contributed by atoms with Gasteiger partial charge in [-0.1, -0.05) is 44.2 Å². The van der Waals surface area contributed by atoms with Crippen molar-refractivity contribution >= 4 is 17.5 Å². The molecule has 0 spiro atoms. The molecule has 0 fully saturated rings. The quantitative estimate of drug-likeness (QED) is 0.863. The van der Waals surface area contributed by atoms with Gasteiger partial charge < -0.3 is 10.2 Å². The highest BCUT2D eigenvalue weighted by Gasteiger charge is 2.26. The van der Waals surface area contributed by atoms with Crippen molar-refractivity contribution in [3.05, 3.63) is 65.2 Å². The largest absolute Gasteiger partial charge is 0.347 e. The van der Waals surface area contributed by atoms with Crippen molar-refractivity contribution in [2.45, 2.75) is 26.2 Å². The summed E-state index contributed by atoms with van der Waals surface area (Å²) in [6.45, 7) is 6.43. The molecule has 0 aliphatic rings. The lowest BCUT2D eigenvalue weighted by molar-refractivity contribution is -0.137. The fourth-order valence-electron chi connectivity index (χ4n) is 2.86. The van der Waals surface area contributed by atoms with Crippen LogP contribution >= 0.6 is 0 Å². The van der Waals surface area contributed by atoms with Crippen LogP contribution < -0.4 is 10.2 Å². The average molecular weight is 349 g/mol. The number of amides is 2. The molecule has 0 saturated carbocycles. The molecular weight excluding hydrogens is 326 g/mol. The standard InChI is InChI=1S/C21H23N3O2/c1-15-8-5-6-11-18(15)21(2,3)14-23-19(25)20(26)24(4)17-10-7-9-16(12-17)13-22/h5-12H,14H2,1-4H3,(H,23,25). The highest BCUT2D eigenvalue weighted by Crippen LogP contribution is 2.25. The smallest absolute Gasteiger partial charge is 0.316 e. The van der Waals surface area contributed by atoms with E-state index in [2.05, 4.69) is 5.32 Å². The summed E-state index contributed by atoms with van der Waals surface area (Å²) in [5, 5.41) is 11.7. The fraction of sp³-hybridized carbons (Fsp3) is 0.286. The molecule has 5 heteroatoms. The summed E-state index contributed by atoms with van der Waals surface area (Å²) in [6, 6.07) is 16.6. The number of hydrogen-bond donors (Lipinski definition) is 1. The molecule has 0 radical (unpaired) electrons. The van der Waals surface area contributed by atoms with Gasteiger partial charge in [-0.15, -0.1) is 0 Å². The van der Waals surface area contributed by atoms with E-state index in [4.69, 9.17) is 5.26 Å². The van der Waals surface area contributed by atoms with Crippen LogP contribution in [0.3, 0.4) is 0 Å². The highest BCUT2D eigenvalue weighted by atomic mass is 16.2. The predicted molar refractivity (Wildman–Crippen MR) is 102 cm³/mol. The Morgan fingerprint density at radius 1 is 1.15 bits per heavy atom. The Hall–Kier alpha value is -3.13. The van der Waals surface area contributed by atoms with Gasteiger partial charge in [-0.05, 0) is 36.2 Å². The first kappa shape index (κ1) is 19.2. The van der Waals surface area contributed by atoms with E-state index in [0.717, 1.165) is 11.1 Å². The minimum absolute atomic E-state index is 0.305. The van der Waals surface area contributed by atoms with Crippen LogP contribution in [0.4, 0.5) is 5.69 Å². The zero-order chi connectivity index (χ0) is 19.3. The van der Waals surface area contributed by atoms with Crippen LogP contribution in [-0.4, -0.2) is 25.4 Å². The van der Waals surface area contributed by atoms with Crippen LogP contribution in [0.2, 0.25) is 0 Å². The SMILES string of the molecule is Cc1ccccc1C(C)(C)CNC(=O)C(=O)N(C)c1cccc(C#N)c1. The van der Waals surface area contributed by atoms with Gasteiger partial charge in [-0.25, -0.2) is 0 Å². The summed E-state index contributed by atoms with van der Waals surface area (Å²) in [5.41, 5.74) is 2.90. The van der Waals surface area contributed by atoms with Crippen LogP contribution in [-0.2, 0) is 15.0 Å². The number of nitrogens with one attached hydrogen (secondary N) is 1. The maximum absolute atomic E-state index is 12.4. The van der Waals surface area contributed by atoms with Crippen molar-refractivity contribution < 1.29 is 9.59 Å². The van der Waals surface area contributed by atoms with Gasteiger partial charge in [0.05, 0.1) is 11.6 Å². The minimum Gasteiger partial charge on any atom is -0.347 e. The van der Waals surface area contributed by atoms with Crippen LogP contribution in [0.1, 0.15) is 30.5 Å². The number of aryl methyl sites for hydroxylation is 1. The second-order valence-electron chi connectivity index (χ2n) is 6.91. The maximum atomic E-state index is 12.4. The zero-order valence-electron chi connectivity index (χ0n) is 15.5. The number of hydrogen-bond acceptors (Lipinski definition) is 3. The van der Waals surface area contributed by atoms with Gasteiger partial charge >= 0.3 is 11.8 Å². The van der Waals surface area contributed by atoms with Crippen molar-refractivity contribution in [2.75, 3.05) is 18.5 Å². The predicted octanol–water partition coefficient (Wildman–Crippen LogP) is 2.92.